The summed E-state index contributed by atoms with van der Waals surface area (Å²) < 4.78 is 5.35. The van der Waals surface area contributed by atoms with E-state index in [1.54, 1.807) is 0 Å². The van der Waals surface area contributed by atoms with Crippen molar-refractivity contribution in [3.63, 3.8) is 0 Å². The number of ether oxygens (including phenoxy) is 1. The number of carbonyl (C=O) groups is 3. The van der Waals surface area contributed by atoms with Gasteiger partial charge in [0.15, 0.2) is 0 Å². The zero-order valence-electron chi connectivity index (χ0n) is 24.6. The molecule has 0 aromatic heterocycles. The first-order chi connectivity index (χ1) is 19.4. The van der Waals surface area contributed by atoms with Gasteiger partial charge in [-0.3, -0.25) is 19.3 Å². The monoisotopic (exact) mass is 567 g/mol. The van der Waals surface area contributed by atoms with Gasteiger partial charge >= 0.3 is 5.97 Å². The molecule has 1 heterocycles. The Morgan fingerprint density at radius 3 is 2.48 bits per heavy atom. The van der Waals surface area contributed by atoms with Crippen molar-refractivity contribution in [2.45, 2.75) is 84.0 Å². The number of esters is 1. The number of hydrogen-bond acceptors (Lipinski definition) is 5. The van der Waals surface area contributed by atoms with E-state index in [0.29, 0.717) is 50.2 Å². The number of unbranched alkanes of at least 4 members (excludes halogenated alkanes) is 2. The van der Waals surface area contributed by atoms with Crippen molar-refractivity contribution < 1.29 is 19.1 Å². The number of thioether (sulfide) groups is 1. The predicted molar refractivity (Wildman–Crippen MR) is 167 cm³/mol. The van der Waals surface area contributed by atoms with Gasteiger partial charge in [-0.05, 0) is 80.4 Å². The first-order valence-electron chi connectivity index (χ1n) is 15.0. The van der Waals surface area contributed by atoms with Crippen LogP contribution in [0.2, 0.25) is 0 Å². The number of benzene rings is 1. The fourth-order valence-corrected chi connectivity index (χ4v) is 5.93. The molecule has 0 N–H and O–H groups in total. The van der Waals surface area contributed by atoms with Gasteiger partial charge in [0.2, 0.25) is 0 Å². The van der Waals surface area contributed by atoms with E-state index in [0.717, 1.165) is 50.0 Å². The average Bonchev–Trinajstić information content (AvgIpc) is 3.28. The second kappa shape index (κ2) is 20.3. The minimum atomic E-state index is -0.250. The summed E-state index contributed by atoms with van der Waals surface area (Å²) >= 11 is 1.84. The molecule has 2 rings (SSSR count). The first kappa shape index (κ1) is 33.6. The Hall–Kier alpha value is -2.60. The number of amides is 2. The summed E-state index contributed by atoms with van der Waals surface area (Å²) in [5.41, 5.74) is 1.43. The molecule has 0 aliphatic carbocycles. The number of rotatable bonds is 22. The van der Waals surface area contributed by atoms with Gasteiger partial charge in [0.05, 0.1) is 0 Å². The van der Waals surface area contributed by atoms with E-state index in [4.69, 9.17) is 4.74 Å². The molecule has 5 nitrogen and oxygen atoms in total. The molecule has 0 fully saturated rings. The minimum absolute atomic E-state index is 0.169. The smallest absolute Gasteiger partial charge is 0.305 e. The van der Waals surface area contributed by atoms with Crippen LogP contribution in [0.3, 0.4) is 0 Å². The van der Waals surface area contributed by atoms with E-state index >= 15 is 0 Å². The van der Waals surface area contributed by atoms with Crippen molar-refractivity contribution in [2.24, 2.45) is 11.8 Å². The molecule has 0 saturated heterocycles. The van der Waals surface area contributed by atoms with Crippen LogP contribution in [0.25, 0.3) is 0 Å². The summed E-state index contributed by atoms with van der Waals surface area (Å²) in [6.07, 6.45) is 18.9. The van der Waals surface area contributed by atoms with Crippen LogP contribution in [0.5, 0.6) is 0 Å². The van der Waals surface area contributed by atoms with Crippen LogP contribution in [0.4, 0.5) is 0 Å². The number of imide groups is 1. The van der Waals surface area contributed by atoms with Crippen molar-refractivity contribution in [3.05, 3.63) is 72.9 Å². The maximum Gasteiger partial charge on any atom is 0.305 e. The average molecular weight is 568 g/mol. The topological polar surface area (TPSA) is 63.7 Å². The molecule has 220 valence electrons. The van der Waals surface area contributed by atoms with Gasteiger partial charge in [-0.2, -0.15) is 11.8 Å². The number of hydrogen-bond donors (Lipinski definition) is 0. The maximum atomic E-state index is 11.9. The lowest BCUT2D eigenvalue weighted by Crippen LogP contribution is -2.30. The Morgan fingerprint density at radius 2 is 1.77 bits per heavy atom. The SMILES string of the molecule is C=CC(CCC=CCC(CC)c1ccccc1)CC(C)CCSCCOC(=O)CCCCCN1C(=O)C=CC1=O. The Kier molecular flexibility index (Phi) is 17.1. The molecule has 0 saturated carbocycles. The van der Waals surface area contributed by atoms with Crippen LogP contribution in [0.15, 0.2) is 67.3 Å². The fraction of sp³-hybridized carbons (Fsp3) is 0.559. The van der Waals surface area contributed by atoms with Gasteiger partial charge in [-0.25, -0.2) is 0 Å². The molecule has 3 unspecified atom stereocenters. The zero-order valence-corrected chi connectivity index (χ0v) is 25.4. The molecule has 40 heavy (non-hydrogen) atoms. The third-order valence-electron chi connectivity index (χ3n) is 7.50. The van der Waals surface area contributed by atoms with Crippen LogP contribution < -0.4 is 0 Å². The lowest BCUT2D eigenvalue weighted by atomic mass is 9.90. The first-order valence-corrected chi connectivity index (χ1v) is 16.2. The van der Waals surface area contributed by atoms with Crippen molar-refractivity contribution in [2.75, 3.05) is 24.7 Å². The summed E-state index contributed by atoms with van der Waals surface area (Å²) in [6, 6.07) is 10.8. The summed E-state index contributed by atoms with van der Waals surface area (Å²) in [5, 5.41) is 0. The van der Waals surface area contributed by atoms with Crippen molar-refractivity contribution in [1.82, 2.24) is 4.90 Å². The van der Waals surface area contributed by atoms with Gasteiger partial charge in [-0.1, -0.05) is 68.8 Å². The van der Waals surface area contributed by atoms with E-state index in [-0.39, 0.29) is 17.8 Å². The standard InChI is InChI=1S/C34H49NO4S/c1-4-29(15-9-6-10-16-30(5-2)31-17-11-7-12-18-31)27-28(3)22-25-40-26-24-39-34(38)19-13-8-14-23-35-32(36)20-21-33(35)37/h4,6-7,10-12,17-18,20-21,28-30H,1,5,8-9,13-16,19,22-27H2,2-3H3. The Balaban J connectivity index is 1.45. The fourth-order valence-electron chi connectivity index (χ4n) is 4.96. The van der Waals surface area contributed by atoms with Crippen LogP contribution in [0.1, 0.15) is 89.5 Å². The lowest BCUT2D eigenvalue weighted by Gasteiger charge is -2.17. The highest BCUT2D eigenvalue weighted by Crippen LogP contribution is 2.25. The zero-order chi connectivity index (χ0) is 29.0. The van der Waals surface area contributed by atoms with Crippen LogP contribution in [0, 0.1) is 11.8 Å². The Bertz CT molecular complexity index is 940. The molecule has 1 aliphatic heterocycles. The molecule has 0 radical (unpaired) electrons. The number of nitrogens with zero attached hydrogens (tertiary/aromatic N) is 1. The van der Waals surface area contributed by atoms with Crippen molar-refractivity contribution in [3.8, 4) is 0 Å². The van der Waals surface area contributed by atoms with Gasteiger partial charge in [0.1, 0.15) is 6.61 Å². The number of carbonyl (C=O) groups excluding carboxylic acids is 3. The maximum absolute atomic E-state index is 11.9. The van der Waals surface area contributed by atoms with Crippen molar-refractivity contribution in [1.29, 1.82) is 0 Å². The predicted octanol–water partition coefficient (Wildman–Crippen LogP) is 7.89. The van der Waals surface area contributed by atoms with Gasteiger partial charge in [0, 0.05) is 30.9 Å². The quantitative estimate of drug-likeness (QED) is 0.0617. The molecule has 0 bridgehead atoms. The molecule has 0 spiro atoms. The molecule has 1 aliphatic rings. The number of allylic oxidation sites excluding steroid dienone is 3. The lowest BCUT2D eigenvalue weighted by molar-refractivity contribution is -0.143. The van der Waals surface area contributed by atoms with E-state index in [2.05, 4.69) is 69.0 Å². The second-order valence-electron chi connectivity index (χ2n) is 10.7. The molecule has 2 amide bonds. The van der Waals surface area contributed by atoms with E-state index in [9.17, 15) is 14.4 Å². The molecular formula is C34H49NO4S. The molecule has 1 aromatic rings. The van der Waals surface area contributed by atoms with E-state index in [1.807, 2.05) is 11.8 Å². The molecule has 6 heteroatoms. The third kappa shape index (κ3) is 13.6. The Morgan fingerprint density at radius 1 is 1.02 bits per heavy atom. The summed E-state index contributed by atoms with van der Waals surface area (Å²) in [5.74, 6) is 3.02. The second-order valence-corrected chi connectivity index (χ2v) is 12.0. The van der Waals surface area contributed by atoms with Crippen LogP contribution >= 0.6 is 11.8 Å². The normalized spacial score (nSPS) is 15.5. The minimum Gasteiger partial charge on any atom is -0.465 e. The largest absolute Gasteiger partial charge is 0.465 e. The summed E-state index contributed by atoms with van der Waals surface area (Å²) in [6.45, 7) is 9.53. The van der Waals surface area contributed by atoms with E-state index < -0.39 is 0 Å². The van der Waals surface area contributed by atoms with Gasteiger partial charge in [0.25, 0.3) is 11.8 Å². The van der Waals surface area contributed by atoms with E-state index in [1.165, 1.54) is 29.0 Å². The van der Waals surface area contributed by atoms with Crippen LogP contribution in [-0.2, 0) is 19.1 Å². The molecule has 3 atom stereocenters. The molecule has 1 aromatic carbocycles. The van der Waals surface area contributed by atoms with Gasteiger partial charge < -0.3 is 4.74 Å². The van der Waals surface area contributed by atoms with Gasteiger partial charge in [-0.15, -0.1) is 6.58 Å². The highest BCUT2D eigenvalue weighted by Gasteiger charge is 2.22. The Labute approximate surface area is 246 Å². The summed E-state index contributed by atoms with van der Waals surface area (Å²) in [4.78, 5) is 36.2. The molecular weight excluding hydrogens is 518 g/mol. The summed E-state index contributed by atoms with van der Waals surface area (Å²) in [7, 11) is 0. The highest BCUT2D eigenvalue weighted by atomic mass is 32.2. The van der Waals surface area contributed by atoms with Crippen LogP contribution in [-0.4, -0.2) is 47.3 Å². The third-order valence-corrected chi connectivity index (χ3v) is 8.48. The highest BCUT2D eigenvalue weighted by molar-refractivity contribution is 7.99. The van der Waals surface area contributed by atoms with Crippen molar-refractivity contribution >= 4 is 29.5 Å².